The summed E-state index contributed by atoms with van der Waals surface area (Å²) in [5.74, 6) is -0.414. The molecule has 1 rings (SSSR count). The summed E-state index contributed by atoms with van der Waals surface area (Å²) >= 11 is 2.52. The van der Waals surface area contributed by atoms with Gasteiger partial charge in [-0.25, -0.2) is 9.59 Å². The Morgan fingerprint density at radius 3 is 2.84 bits per heavy atom. The molecule has 106 valence electrons. The first-order valence-electron chi connectivity index (χ1n) is 5.45. The van der Waals surface area contributed by atoms with Crippen molar-refractivity contribution in [2.45, 2.75) is 19.0 Å². The van der Waals surface area contributed by atoms with E-state index in [4.69, 9.17) is 5.11 Å². The fraction of sp³-hybridized carbons (Fsp3) is 0.500. The Hall–Kier alpha value is -1.48. The van der Waals surface area contributed by atoms with Crippen LogP contribution < -0.4 is 15.5 Å². The molecule has 0 aliphatic heterocycles. The number of H-pyrrole nitrogens is 1. The van der Waals surface area contributed by atoms with Gasteiger partial charge in [-0.05, 0) is 18.4 Å². The summed E-state index contributed by atoms with van der Waals surface area (Å²) in [5, 5.41) is 15.4. The molecular weight excluding hydrogens is 290 g/mol. The van der Waals surface area contributed by atoms with Crippen LogP contribution in [0.25, 0.3) is 0 Å². The number of carbonyl (C=O) groups excluding carboxylic acids is 1. The number of urea groups is 1. The average Bonchev–Trinajstić information content (AvgIpc) is 2.77. The lowest BCUT2D eigenvalue weighted by Gasteiger charge is -2.14. The first-order chi connectivity index (χ1) is 9.02. The number of hydrogen-bond acceptors (Lipinski definition) is 5. The van der Waals surface area contributed by atoms with Crippen molar-refractivity contribution < 1.29 is 14.7 Å². The van der Waals surface area contributed by atoms with E-state index in [1.54, 1.807) is 5.38 Å². The van der Waals surface area contributed by atoms with Gasteiger partial charge in [0.15, 0.2) is 0 Å². The Morgan fingerprint density at radius 1 is 1.58 bits per heavy atom. The fourth-order valence-corrected chi connectivity index (χ4v) is 2.33. The molecule has 4 N–H and O–H groups in total. The number of carboxylic acid groups (broad SMARTS) is 1. The lowest BCUT2D eigenvalue weighted by molar-refractivity contribution is -0.139. The number of carbonyl (C=O) groups is 2. The quantitative estimate of drug-likeness (QED) is 0.584. The van der Waals surface area contributed by atoms with E-state index in [0.29, 0.717) is 17.9 Å². The van der Waals surface area contributed by atoms with Crippen molar-refractivity contribution in [3.8, 4) is 0 Å². The topological polar surface area (TPSA) is 111 Å². The summed E-state index contributed by atoms with van der Waals surface area (Å²) in [5.41, 5.74) is 0.584. The number of carboxylic acids is 1. The summed E-state index contributed by atoms with van der Waals surface area (Å²) in [7, 11) is 0. The second-order valence-electron chi connectivity index (χ2n) is 3.67. The third-order valence-electron chi connectivity index (χ3n) is 2.22. The van der Waals surface area contributed by atoms with Crippen LogP contribution >= 0.6 is 23.1 Å². The molecule has 1 aromatic rings. The van der Waals surface area contributed by atoms with E-state index in [-0.39, 0.29) is 11.4 Å². The van der Waals surface area contributed by atoms with Crippen LogP contribution in [0.3, 0.4) is 0 Å². The smallest absolute Gasteiger partial charge is 0.326 e. The number of aromatic amines is 1. The Bertz CT molecular complexity index is 485. The van der Waals surface area contributed by atoms with Gasteiger partial charge in [0.05, 0.1) is 6.54 Å². The zero-order valence-corrected chi connectivity index (χ0v) is 11.9. The van der Waals surface area contributed by atoms with Crippen molar-refractivity contribution in [1.29, 1.82) is 0 Å². The molecule has 2 amide bonds. The average molecular weight is 305 g/mol. The highest BCUT2D eigenvalue weighted by atomic mass is 32.2. The minimum absolute atomic E-state index is 0.152. The van der Waals surface area contributed by atoms with Gasteiger partial charge in [0.25, 0.3) is 0 Å². The minimum Gasteiger partial charge on any atom is -0.480 e. The van der Waals surface area contributed by atoms with Crippen LogP contribution in [0.15, 0.2) is 10.2 Å². The van der Waals surface area contributed by atoms with Gasteiger partial charge in [-0.15, -0.1) is 0 Å². The van der Waals surface area contributed by atoms with Gasteiger partial charge in [-0.1, -0.05) is 11.3 Å². The second kappa shape index (κ2) is 7.85. The largest absolute Gasteiger partial charge is 0.480 e. The molecule has 1 atom stereocenters. The van der Waals surface area contributed by atoms with Gasteiger partial charge in [-0.2, -0.15) is 11.8 Å². The highest BCUT2D eigenvalue weighted by molar-refractivity contribution is 7.98. The Kier molecular flexibility index (Phi) is 6.43. The molecule has 7 nitrogen and oxygen atoms in total. The van der Waals surface area contributed by atoms with E-state index in [0.717, 1.165) is 11.3 Å². The van der Waals surface area contributed by atoms with E-state index in [1.807, 2.05) is 6.26 Å². The second-order valence-corrected chi connectivity index (χ2v) is 5.50. The molecule has 0 fully saturated rings. The van der Waals surface area contributed by atoms with Gasteiger partial charge in [-0.3, -0.25) is 4.79 Å². The van der Waals surface area contributed by atoms with Crippen molar-refractivity contribution >= 4 is 35.1 Å². The highest BCUT2D eigenvalue weighted by Crippen LogP contribution is 2.01. The monoisotopic (exact) mass is 305 g/mol. The summed E-state index contributed by atoms with van der Waals surface area (Å²) in [6.45, 7) is 0.152. The van der Waals surface area contributed by atoms with Crippen LogP contribution in [0.4, 0.5) is 4.79 Å². The van der Waals surface area contributed by atoms with Crippen LogP contribution in [0.2, 0.25) is 0 Å². The van der Waals surface area contributed by atoms with Gasteiger partial charge < -0.3 is 20.7 Å². The Labute approximate surface area is 117 Å². The fourth-order valence-electron chi connectivity index (χ4n) is 1.28. The molecule has 19 heavy (non-hydrogen) atoms. The number of amides is 2. The highest BCUT2D eigenvalue weighted by Gasteiger charge is 2.19. The third-order valence-corrected chi connectivity index (χ3v) is 3.59. The molecule has 0 saturated carbocycles. The van der Waals surface area contributed by atoms with E-state index >= 15 is 0 Å². The summed E-state index contributed by atoms with van der Waals surface area (Å²) in [4.78, 5) is 35.7. The van der Waals surface area contributed by atoms with Crippen molar-refractivity contribution in [3.05, 3.63) is 20.7 Å². The molecule has 1 aromatic heterocycles. The van der Waals surface area contributed by atoms with Crippen molar-refractivity contribution in [1.82, 2.24) is 15.6 Å². The molecule has 0 aromatic carbocycles. The molecule has 1 heterocycles. The van der Waals surface area contributed by atoms with Crippen molar-refractivity contribution in [2.75, 3.05) is 12.0 Å². The SMILES string of the molecule is CSCCC(NC(=O)NCc1csc(=O)[nH]1)C(=O)O. The van der Waals surface area contributed by atoms with E-state index in [1.165, 1.54) is 11.8 Å². The summed E-state index contributed by atoms with van der Waals surface area (Å²) in [6.07, 6.45) is 2.23. The number of thiazole rings is 1. The van der Waals surface area contributed by atoms with Crippen LogP contribution in [0.1, 0.15) is 12.1 Å². The summed E-state index contributed by atoms with van der Waals surface area (Å²) < 4.78 is 0. The number of aromatic nitrogens is 1. The maximum atomic E-state index is 11.5. The Morgan fingerprint density at radius 2 is 2.32 bits per heavy atom. The molecular formula is C10H15N3O4S2. The molecule has 0 spiro atoms. The van der Waals surface area contributed by atoms with Crippen LogP contribution in [-0.2, 0) is 11.3 Å². The van der Waals surface area contributed by atoms with Crippen molar-refractivity contribution in [2.24, 2.45) is 0 Å². The lowest BCUT2D eigenvalue weighted by Crippen LogP contribution is -2.46. The van der Waals surface area contributed by atoms with Crippen LogP contribution in [-0.4, -0.2) is 40.1 Å². The third kappa shape index (κ3) is 5.79. The number of thioether (sulfide) groups is 1. The zero-order chi connectivity index (χ0) is 14.3. The zero-order valence-electron chi connectivity index (χ0n) is 10.3. The van der Waals surface area contributed by atoms with Crippen LogP contribution in [0.5, 0.6) is 0 Å². The predicted octanol–water partition coefficient (Wildman–Crippen LogP) is 0.442. The van der Waals surface area contributed by atoms with E-state index in [2.05, 4.69) is 15.6 Å². The minimum atomic E-state index is -1.06. The molecule has 9 heteroatoms. The van der Waals surface area contributed by atoms with Gasteiger partial charge >= 0.3 is 16.9 Å². The van der Waals surface area contributed by atoms with Gasteiger partial charge in [0.2, 0.25) is 0 Å². The maximum Gasteiger partial charge on any atom is 0.326 e. The Balaban J connectivity index is 2.39. The standard InChI is InChI=1S/C10H15N3O4S2/c1-18-3-2-7(8(14)15)13-9(16)11-4-6-5-19-10(17)12-6/h5,7H,2-4H2,1H3,(H,12,17)(H,14,15)(H2,11,13,16). The number of rotatable bonds is 7. The predicted molar refractivity (Wildman–Crippen MR) is 74.7 cm³/mol. The number of hydrogen-bond donors (Lipinski definition) is 4. The summed E-state index contributed by atoms with van der Waals surface area (Å²) in [6, 6.07) is -1.48. The van der Waals surface area contributed by atoms with Gasteiger partial charge in [0, 0.05) is 11.1 Å². The first-order valence-corrected chi connectivity index (χ1v) is 7.73. The molecule has 0 aliphatic carbocycles. The molecule has 0 radical (unpaired) electrons. The lowest BCUT2D eigenvalue weighted by atomic mass is 10.2. The van der Waals surface area contributed by atoms with Crippen LogP contribution in [0, 0.1) is 0 Å². The maximum absolute atomic E-state index is 11.5. The van der Waals surface area contributed by atoms with Gasteiger partial charge in [0.1, 0.15) is 6.04 Å². The molecule has 0 saturated heterocycles. The molecule has 1 unspecified atom stereocenters. The number of aliphatic carboxylic acids is 1. The normalized spacial score (nSPS) is 11.8. The van der Waals surface area contributed by atoms with E-state index < -0.39 is 18.0 Å². The number of nitrogens with one attached hydrogen (secondary N) is 3. The first kappa shape index (κ1) is 15.6. The van der Waals surface area contributed by atoms with Crippen molar-refractivity contribution in [3.63, 3.8) is 0 Å². The molecule has 0 aliphatic rings. The molecule has 0 bridgehead atoms. The van der Waals surface area contributed by atoms with E-state index in [9.17, 15) is 14.4 Å².